The molecule has 10 heavy (non-hydrogen) atoms. The maximum absolute atomic E-state index is 10.6. The van der Waals surface area contributed by atoms with E-state index >= 15 is 0 Å². The van der Waals surface area contributed by atoms with Gasteiger partial charge in [-0.05, 0) is 11.8 Å². The van der Waals surface area contributed by atoms with Crippen molar-refractivity contribution in [2.24, 2.45) is 0 Å². The monoisotopic (exact) mass is 174 g/mol. The molecule has 1 fully saturated rings. The summed E-state index contributed by atoms with van der Waals surface area (Å²) in [4.78, 5) is 10.6. The minimum Gasteiger partial charge on any atom is -0.343 e. The van der Waals surface area contributed by atoms with Crippen molar-refractivity contribution in [2.75, 3.05) is 11.5 Å². The lowest BCUT2D eigenvalue weighted by Gasteiger charge is -2.02. The number of carbonyl (C=O) groups is 1. The highest BCUT2D eigenvalue weighted by atomic mass is 32.2. The number of nitriles is 1. The normalized spacial score (nSPS) is 23.9. The van der Waals surface area contributed by atoms with Gasteiger partial charge in [-0.15, -0.1) is 0 Å². The predicted molar refractivity (Wildman–Crippen MR) is 42.8 cm³/mol. The maximum atomic E-state index is 10.6. The number of thiocyanates is 1. The van der Waals surface area contributed by atoms with Crippen molar-refractivity contribution in [2.45, 2.75) is 6.04 Å². The van der Waals surface area contributed by atoms with Gasteiger partial charge in [0.05, 0.1) is 0 Å². The lowest BCUT2D eigenvalue weighted by Crippen LogP contribution is -2.27. The Morgan fingerprint density at radius 2 is 2.80 bits per heavy atom. The van der Waals surface area contributed by atoms with Gasteiger partial charge in [-0.1, -0.05) is 11.8 Å². The summed E-state index contributed by atoms with van der Waals surface area (Å²) in [7, 11) is 0. The van der Waals surface area contributed by atoms with Crippen LogP contribution in [0.15, 0.2) is 0 Å². The Labute approximate surface area is 67.5 Å². The molecule has 0 aromatic carbocycles. The summed E-state index contributed by atoms with van der Waals surface area (Å²) in [5.41, 5.74) is 0. The fraction of sp³-hybridized carbons (Fsp3) is 0.600. The Balaban J connectivity index is 2.20. The van der Waals surface area contributed by atoms with Crippen LogP contribution in [0.25, 0.3) is 0 Å². The van der Waals surface area contributed by atoms with E-state index in [1.54, 1.807) is 0 Å². The third kappa shape index (κ3) is 2.12. The van der Waals surface area contributed by atoms with E-state index in [1.165, 1.54) is 23.5 Å². The Bertz CT molecular complexity index is 177. The first kappa shape index (κ1) is 7.76. The van der Waals surface area contributed by atoms with Crippen LogP contribution >= 0.6 is 23.5 Å². The Morgan fingerprint density at radius 3 is 3.30 bits per heavy atom. The minimum atomic E-state index is 0.0311. The van der Waals surface area contributed by atoms with Crippen molar-refractivity contribution in [3.8, 4) is 5.40 Å². The van der Waals surface area contributed by atoms with E-state index in [-0.39, 0.29) is 11.3 Å². The second-order valence-corrected chi connectivity index (χ2v) is 3.64. The lowest BCUT2D eigenvalue weighted by molar-refractivity contribution is 0.261. The predicted octanol–water partition coefficient (Wildman–Crippen LogP) is 1.03. The van der Waals surface area contributed by atoms with Crippen LogP contribution in [-0.2, 0) is 0 Å². The van der Waals surface area contributed by atoms with E-state index in [9.17, 15) is 4.79 Å². The smallest absolute Gasteiger partial charge is 0.279 e. The number of nitrogens with one attached hydrogen (secondary N) is 1. The zero-order valence-corrected chi connectivity index (χ0v) is 6.80. The van der Waals surface area contributed by atoms with E-state index in [0.29, 0.717) is 5.75 Å². The zero-order valence-electron chi connectivity index (χ0n) is 5.16. The van der Waals surface area contributed by atoms with Gasteiger partial charge in [0, 0.05) is 17.5 Å². The molecular formula is C5H6N2OS2. The molecule has 3 nitrogen and oxygen atoms in total. The van der Waals surface area contributed by atoms with Gasteiger partial charge in [-0.25, -0.2) is 0 Å². The second kappa shape index (κ2) is 3.74. The number of nitrogens with zero attached hydrogens (tertiary/aromatic N) is 1. The standard InChI is InChI=1S/C5H6N2OS2/c6-3-9-1-4-2-10-5(8)7-4/h4H,1-2H2,(H,7,8). The van der Waals surface area contributed by atoms with E-state index in [4.69, 9.17) is 5.26 Å². The van der Waals surface area contributed by atoms with Gasteiger partial charge in [0.25, 0.3) is 5.24 Å². The molecule has 0 aliphatic carbocycles. The van der Waals surface area contributed by atoms with Crippen LogP contribution in [0, 0.1) is 10.7 Å². The number of hydrogen-bond acceptors (Lipinski definition) is 4. The summed E-state index contributed by atoms with van der Waals surface area (Å²) in [6.45, 7) is 0. The van der Waals surface area contributed by atoms with Crippen molar-refractivity contribution in [3.05, 3.63) is 0 Å². The summed E-state index contributed by atoms with van der Waals surface area (Å²) in [6, 6.07) is 0.196. The third-order valence-electron chi connectivity index (χ3n) is 1.09. The molecule has 5 heteroatoms. The van der Waals surface area contributed by atoms with Gasteiger partial charge in [-0.2, -0.15) is 5.26 Å². The maximum Gasteiger partial charge on any atom is 0.279 e. The topological polar surface area (TPSA) is 52.9 Å². The van der Waals surface area contributed by atoms with Crippen LogP contribution in [0.5, 0.6) is 0 Å². The Hall–Kier alpha value is -0.340. The zero-order chi connectivity index (χ0) is 7.40. The van der Waals surface area contributed by atoms with Gasteiger partial charge in [-0.3, -0.25) is 4.79 Å². The SMILES string of the molecule is N#CSCC1CSC(=O)N1. The fourth-order valence-electron chi connectivity index (χ4n) is 0.654. The molecule has 0 bridgehead atoms. The van der Waals surface area contributed by atoms with Crippen LogP contribution < -0.4 is 5.32 Å². The van der Waals surface area contributed by atoms with Gasteiger partial charge in [0.2, 0.25) is 0 Å². The number of carbonyl (C=O) groups excluding carboxylic acids is 1. The van der Waals surface area contributed by atoms with Crippen LogP contribution in [0.1, 0.15) is 0 Å². The van der Waals surface area contributed by atoms with E-state index in [2.05, 4.69) is 5.32 Å². The van der Waals surface area contributed by atoms with Crippen molar-refractivity contribution < 1.29 is 4.79 Å². The molecule has 0 aromatic rings. The summed E-state index contributed by atoms with van der Waals surface area (Å²) in [6.07, 6.45) is 0. The highest BCUT2D eigenvalue weighted by molar-refractivity contribution is 8.14. The molecule has 0 radical (unpaired) electrons. The second-order valence-electron chi connectivity index (χ2n) is 1.84. The van der Waals surface area contributed by atoms with E-state index in [1.807, 2.05) is 5.40 Å². The van der Waals surface area contributed by atoms with Crippen molar-refractivity contribution in [1.29, 1.82) is 5.26 Å². The largest absolute Gasteiger partial charge is 0.343 e. The van der Waals surface area contributed by atoms with Gasteiger partial charge >= 0.3 is 0 Å². The average Bonchev–Trinajstić information content (AvgIpc) is 2.31. The Morgan fingerprint density at radius 1 is 2.00 bits per heavy atom. The number of amides is 1. The van der Waals surface area contributed by atoms with Gasteiger partial charge in [0.1, 0.15) is 5.40 Å². The first-order valence-corrected chi connectivity index (χ1v) is 4.74. The van der Waals surface area contributed by atoms with Crippen LogP contribution in [0.4, 0.5) is 4.79 Å². The summed E-state index contributed by atoms with van der Waals surface area (Å²) in [5.74, 6) is 1.50. The molecule has 1 saturated heterocycles. The minimum absolute atomic E-state index is 0.0311. The van der Waals surface area contributed by atoms with Crippen LogP contribution in [0.3, 0.4) is 0 Å². The molecule has 1 rings (SSSR count). The van der Waals surface area contributed by atoms with Crippen molar-refractivity contribution in [1.82, 2.24) is 5.32 Å². The van der Waals surface area contributed by atoms with E-state index in [0.717, 1.165) is 5.75 Å². The molecule has 1 amide bonds. The molecule has 0 aromatic heterocycles. The lowest BCUT2D eigenvalue weighted by atomic mass is 10.4. The molecule has 1 heterocycles. The molecular weight excluding hydrogens is 168 g/mol. The quantitative estimate of drug-likeness (QED) is 0.635. The molecule has 54 valence electrons. The van der Waals surface area contributed by atoms with Crippen LogP contribution in [0.2, 0.25) is 0 Å². The van der Waals surface area contributed by atoms with Crippen molar-refractivity contribution in [3.63, 3.8) is 0 Å². The molecule has 1 atom stereocenters. The third-order valence-corrected chi connectivity index (χ3v) is 2.73. The number of thioether (sulfide) groups is 2. The molecule has 1 N–H and O–H groups in total. The number of rotatable bonds is 2. The Kier molecular flexibility index (Phi) is 2.90. The first-order valence-electron chi connectivity index (χ1n) is 2.77. The van der Waals surface area contributed by atoms with Gasteiger partial charge < -0.3 is 5.32 Å². The average molecular weight is 174 g/mol. The summed E-state index contributed by atoms with van der Waals surface area (Å²) >= 11 is 2.47. The summed E-state index contributed by atoms with van der Waals surface area (Å²) < 4.78 is 0. The summed E-state index contributed by atoms with van der Waals surface area (Å²) in [5, 5.41) is 12.9. The number of hydrogen-bond donors (Lipinski definition) is 1. The highest BCUT2D eigenvalue weighted by Crippen LogP contribution is 2.15. The molecule has 1 unspecified atom stereocenters. The van der Waals surface area contributed by atoms with E-state index < -0.39 is 0 Å². The van der Waals surface area contributed by atoms with Gasteiger partial charge in [0.15, 0.2) is 0 Å². The molecule has 0 spiro atoms. The highest BCUT2D eigenvalue weighted by Gasteiger charge is 2.20. The molecule has 0 saturated carbocycles. The molecule has 1 aliphatic rings. The van der Waals surface area contributed by atoms with Crippen LogP contribution in [-0.4, -0.2) is 22.8 Å². The van der Waals surface area contributed by atoms with Crippen molar-refractivity contribution >= 4 is 28.8 Å². The molecule has 1 aliphatic heterocycles. The fourth-order valence-corrected chi connectivity index (χ4v) is 2.08. The first-order chi connectivity index (χ1) is 4.83.